The van der Waals surface area contributed by atoms with E-state index in [1.807, 2.05) is 24.3 Å². The van der Waals surface area contributed by atoms with Crippen molar-refractivity contribution in [3.8, 4) is 0 Å². The van der Waals surface area contributed by atoms with Gasteiger partial charge in [-0.15, -0.1) is 0 Å². The lowest BCUT2D eigenvalue weighted by molar-refractivity contribution is 0.984. The molecule has 2 aromatic rings. The molecule has 0 spiro atoms. The van der Waals surface area contributed by atoms with E-state index >= 15 is 0 Å². The molecular formula is C11H13N5S. The van der Waals surface area contributed by atoms with Gasteiger partial charge in [0.25, 0.3) is 0 Å². The number of thioether (sulfide) groups is 1. The highest BCUT2D eigenvalue weighted by atomic mass is 32.2. The summed E-state index contributed by atoms with van der Waals surface area (Å²) in [6, 6.07) is 9.22. The van der Waals surface area contributed by atoms with E-state index in [0.717, 1.165) is 17.0 Å². The monoisotopic (exact) mass is 247 g/mol. The van der Waals surface area contributed by atoms with Crippen LogP contribution < -0.4 is 17.2 Å². The summed E-state index contributed by atoms with van der Waals surface area (Å²) in [7, 11) is 0. The van der Waals surface area contributed by atoms with Crippen molar-refractivity contribution in [1.29, 1.82) is 0 Å². The molecule has 0 saturated carbocycles. The number of nitrogen functional groups attached to an aromatic ring is 3. The van der Waals surface area contributed by atoms with Gasteiger partial charge in [-0.05, 0) is 17.7 Å². The number of benzene rings is 1. The maximum absolute atomic E-state index is 5.70. The SMILES string of the molecule is Nc1cccc(CSc2nc(N)cc(N)n2)c1. The molecule has 1 aromatic carbocycles. The molecule has 1 aromatic heterocycles. The van der Waals surface area contributed by atoms with Gasteiger partial charge >= 0.3 is 0 Å². The van der Waals surface area contributed by atoms with Gasteiger partial charge in [-0.3, -0.25) is 0 Å². The van der Waals surface area contributed by atoms with Crippen molar-refractivity contribution in [2.24, 2.45) is 0 Å². The predicted molar refractivity (Wildman–Crippen MR) is 71.3 cm³/mol. The van der Waals surface area contributed by atoms with Crippen LogP contribution in [0.25, 0.3) is 0 Å². The third-order valence-electron chi connectivity index (χ3n) is 2.06. The van der Waals surface area contributed by atoms with Gasteiger partial charge in [0.15, 0.2) is 5.16 Å². The Kier molecular flexibility index (Phi) is 3.34. The topological polar surface area (TPSA) is 104 Å². The van der Waals surface area contributed by atoms with Crippen molar-refractivity contribution in [2.75, 3.05) is 17.2 Å². The van der Waals surface area contributed by atoms with Crippen molar-refractivity contribution in [3.63, 3.8) is 0 Å². The van der Waals surface area contributed by atoms with Crippen molar-refractivity contribution in [2.45, 2.75) is 10.9 Å². The number of nitrogens with two attached hydrogens (primary N) is 3. The minimum atomic E-state index is 0.382. The van der Waals surface area contributed by atoms with Crippen molar-refractivity contribution in [3.05, 3.63) is 35.9 Å². The third-order valence-corrected chi connectivity index (χ3v) is 2.98. The molecule has 0 radical (unpaired) electrons. The molecule has 0 unspecified atom stereocenters. The molecule has 0 fully saturated rings. The molecule has 1 heterocycles. The first-order valence-electron chi connectivity index (χ1n) is 5.01. The van der Waals surface area contributed by atoms with Crippen LogP contribution in [-0.2, 0) is 5.75 Å². The van der Waals surface area contributed by atoms with E-state index in [1.165, 1.54) is 17.8 Å². The Hall–Kier alpha value is -1.95. The van der Waals surface area contributed by atoms with Crippen LogP contribution in [0.15, 0.2) is 35.5 Å². The fourth-order valence-electron chi connectivity index (χ4n) is 1.36. The number of aromatic nitrogens is 2. The van der Waals surface area contributed by atoms with E-state index in [0.29, 0.717) is 16.8 Å². The van der Waals surface area contributed by atoms with Crippen LogP contribution in [0.4, 0.5) is 17.3 Å². The molecule has 0 saturated heterocycles. The fourth-order valence-corrected chi connectivity index (χ4v) is 2.17. The lowest BCUT2D eigenvalue weighted by Gasteiger charge is -2.03. The Morgan fingerprint density at radius 1 is 1.00 bits per heavy atom. The fraction of sp³-hybridized carbons (Fsp3) is 0.0909. The average Bonchev–Trinajstić information content (AvgIpc) is 2.25. The van der Waals surface area contributed by atoms with Gasteiger partial charge in [-0.1, -0.05) is 23.9 Å². The molecule has 0 bridgehead atoms. The molecule has 5 nitrogen and oxygen atoms in total. The largest absolute Gasteiger partial charge is 0.399 e. The first-order valence-corrected chi connectivity index (χ1v) is 5.99. The number of nitrogens with zero attached hydrogens (tertiary/aromatic N) is 2. The highest BCUT2D eigenvalue weighted by Crippen LogP contribution is 2.21. The molecule has 2 rings (SSSR count). The maximum Gasteiger partial charge on any atom is 0.191 e. The molecule has 6 N–H and O–H groups in total. The number of anilines is 3. The van der Waals surface area contributed by atoms with Gasteiger partial charge in [0, 0.05) is 17.5 Å². The first kappa shape index (κ1) is 11.5. The highest BCUT2D eigenvalue weighted by Gasteiger charge is 2.02. The van der Waals surface area contributed by atoms with E-state index in [4.69, 9.17) is 17.2 Å². The van der Waals surface area contributed by atoms with E-state index in [-0.39, 0.29) is 0 Å². The molecule has 0 amide bonds. The van der Waals surface area contributed by atoms with Crippen molar-refractivity contribution < 1.29 is 0 Å². The summed E-state index contributed by atoms with van der Waals surface area (Å²) < 4.78 is 0. The number of hydrogen-bond donors (Lipinski definition) is 3. The van der Waals surface area contributed by atoms with Crippen LogP contribution in [-0.4, -0.2) is 9.97 Å². The van der Waals surface area contributed by atoms with Crippen LogP contribution in [0, 0.1) is 0 Å². The lowest BCUT2D eigenvalue weighted by atomic mass is 10.2. The smallest absolute Gasteiger partial charge is 0.191 e. The van der Waals surface area contributed by atoms with E-state index in [9.17, 15) is 0 Å². The Bertz CT molecular complexity index is 509. The Morgan fingerprint density at radius 2 is 1.71 bits per heavy atom. The van der Waals surface area contributed by atoms with Crippen LogP contribution in [0.2, 0.25) is 0 Å². The minimum Gasteiger partial charge on any atom is -0.399 e. The zero-order valence-corrected chi connectivity index (χ0v) is 9.95. The van der Waals surface area contributed by atoms with Crippen LogP contribution in [0.3, 0.4) is 0 Å². The number of hydrogen-bond acceptors (Lipinski definition) is 6. The normalized spacial score (nSPS) is 10.4. The highest BCUT2D eigenvalue weighted by molar-refractivity contribution is 7.98. The predicted octanol–water partition coefficient (Wildman–Crippen LogP) is 1.52. The quantitative estimate of drug-likeness (QED) is 0.431. The van der Waals surface area contributed by atoms with Crippen LogP contribution in [0.1, 0.15) is 5.56 Å². The lowest BCUT2D eigenvalue weighted by Crippen LogP contribution is -1.99. The second-order valence-electron chi connectivity index (χ2n) is 3.53. The third kappa shape index (κ3) is 3.25. The zero-order valence-electron chi connectivity index (χ0n) is 9.13. The Balaban J connectivity index is 2.07. The summed E-state index contributed by atoms with van der Waals surface area (Å²) in [5, 5.41) is 0.574. The van der Waals surface area contributed by atoms with Gasteiger partial charge < -0.3 is 17.2 Å². The molecule has 88 valence electrons. The molecule has 0 aliphatic rings. The summed E-state index contributed by atoms with van der Waals surface area (Å²) in [4.78, 5) is 8.18. The van der Waals surface area contributed by atoms with Crippen LogP contribution in [0.5, 0.6) is 0 Å². The van der Waals surface area contributed by atoms with E-state index < -0.39 is 0 Å². The zero-order chi connectivity index (χ0) is 12.3. The molecular weight excluding hydrogens is 234 g/mol. The molecule has 0 aliphatic heterocycles. The standard InChI is InChI=1S/C11H13N5S/c12-8-3-1-2-7(4-8)6-17-11-15-9(13)5-10(14)16-11/h1-5H,6,12H2,(H4,13,14,15,16). The van der Waals surface area contributed by atoms with Crippen molar-refractivity contribution >= 4 is 29.1 Å². The molecule has 0 atom stereocenters. The first-order chi connectivity index (χ1) is 8.13. The van der Waals surface area contributed by atoms with Gasteiger partial charge in [0.1, 0.15) is 11.6 Å². The second-order valence-corrected chi connectivity index (χ2v) is 4.48. The van der Waals surface area contributed by atoms with Gasteiger partial charge in [0.05, 0.1) is 0 Å². The minimum absolute atomic E-state index is 0.382. The summed E-state index contributed by atoms with van der Waals surface area (Å²) >= 11 is 1.47. The molecule has 17 heavy (non-hydrogen) atoms. The summed E-state index contributed by atoms with van der Waals surface area (Å²) in [6.07, 6.45) is 0. The second kappa shape index (κ2) is 4.92. The van der Waals surface area contributed by atoms with Gasteiger partial charge in [-0.25, -0.2) is 9.97 Å². The number of rotatable bonds is 3. The van der Waals surface area contributed by atoms with E-state index in [1.54, 1.807) is 0 Å². The molecule has 6 heteroatoms. The summed E-state index contributed by atoms with van der Waals surface area (Å²) in [5.74, 6) is 1.49. The van der Waals surface area contributed by atoms with Crippen LogP contribution >= 0.6 is 11.8 Å². The molecule has 0 aliphatic carbocycles. The summed E-state index contributed by atoms with van der Waals surface area (Å²) in [5.41, 5.74) is 18.7. The van der Waals surface area contributed by atoms with Gasteiger partial charge in [0.2, 0.25) is 0 Å². The van der Waals surface area contributed by atoms with E-state index in [2.05, 4.69) is 9.97 Å². The van der Waals surface area contributed by atoms with Crippen molar-refractivity contribution in [1.82, 2.24) is 9.97 Å². The Morgan fingerprint density at radius 3 is 2.35 bits per heavy atom. The Labute approximate surface area is 103 Å². The summed E-state index contributed by atoms with van der Waals surface area (Å²) in [6.45, 7) is 0. The van der Waals surface area contributed by atoms with Gasteiger partial charge in [-0.2, -0.15) is 0 Å². The maximum atomic E-state index is 5.70. The average molecular weight is 247 g/mol.